The van der Waals surface area contributed by atoms with Crippen LogP contribution in [0.1, 0.15) is 18.1 Å². The van der Waals surface area contributed by atoms with Gasteiger partial charge in [0, 0.05) is 6.04 Å². The van der Waals surface area contributed by atoms with Crippen LogP contribution in [0.4, 0.5) is 5.69 Å². The molecule has 0 saturated carbocycles. The average molecular weight is 301 g/mol. The Bertz CT molecular complexity index is 664. The number of nitrogens with zero attached hydrogens (tertiary/aromatic N) is 1. The third kappa shape index (κ3) is 3.90. The second kappa shape index (κ2) is 7.01. The van der Waals surface area contributed by atoms with Gasteiger partial charge in [-0.25, -0.2) is 0 Å². The van der Waals surface area contributed by atoms with Gasteiger partial charge >= 0.3 is 0 Å². The van der Waals surface area contributed by atoms with Gasteiger partial charge in [-0.15, -0.1) is 0 Å². The molecule has 1 atom stereocenters. The summed E-state index contributed by atoms with van der Waals surface area (Å²) in [5.41, 5.74) is 2.53. The van der Waals surface area contributed by atoms with Crippen molar-refractivity contribution < 1.29 is 4.74 Å². The van der Waals surface area contributed by atoms with E-state index < -0.39 is 0 Å². The molecule has 0 heterocycles. The Balaban J connectivity index is 2.08. The normalized spacial score (nSPS) is 11.5. The molecule has 0 aliphatic heterocycles. The summed E-state index contributed by atoms with van der Waals surface area (Å²) in [6.07, 6.45) is 0.820. The molecule has 0 spiro atoms. The summed E-state index contributed by atoms with van der Waals surface area (Å²) >= 11 is 6.18. The summed E-state index contributed by atoms with van der Waals surface area (Å²) in [6, 6.07) is 15.5. The van der Waals surface area contributed by atoms with E-state index in [2.05, 4.69) is 24.4 Å². The fourth-order valence-corrected chi connectivity index (χ4v) is 2.45. The largest absolute Gasteiger partial charge is 0.496 e. The second-order valence-corrected chi connectivity index (χ2v) is 5.27. The summed E-state index contributed by atoms with van der Waals surface area (Å²) in [5, 5.41) is 12.8. The maximum absolute atomic E-state index is 8.84. The van der Waals surface area contributed by atoms with E-state index in [9.17, 15) is 0 Å². The average Bonchev–Trinajstić information content (AvgIpc) is 2.49. The predicted molar refractivity (Wildman–Crippen MR) is 85.9 cm³/mol. The van der Waals surface area contributed by atoms with Crippen molar-refractivity contribution in [1.82, 2.24) is 0 Å². The molecule has 2 aromatic rings. The van der Waals surface area contributed by atoms with Crippen LogP contribution < -0.4 is 10.1 Å². The van der Waals surface area contributed by atoms with Gasteiger partial charge in [0.05, 0.1) is 29.5 Å². The zero-order valence-corrected chi connectivity index (χ0v) is 12.8. The van der Waals surface area contributed by atoms with Crippen molar-refractivity contribution in [3.8, 4) is 11.8 Å². The van der Waals surface area contributed by atoms with Crippen LogP contribution in [-0.2, 0) is 6.42 Å². The number of hydrogen-bond donors (Lipinski definition) is 1. The highest BCUT2D eigenvalue weighted by Crippen LogP contribution is 2.25. The Labute approximate surface area is 130 Å². The molecule has 0 bridgehead atoms. The van der Waals surface area contributed by atoms with Crippen LogP contribution in [0.3, 0.4) is 0 Å². The molecule has 21 heavy (non-hydrogen) atoms. The molecule has 1 unspecified atom stereocenters. The number of ether oxygens (including phenoxy) is 1. The SMILES string of the molecule is COc1ccccc1CC(C)Nc1ccc(C#N)cc1Cl. The molecule has 4 heteroatoms. The van der Waals surface area contributed by atoms with Crippen molar-refractivity contribution in [2.24, 2.45) is 0 Å². The second-order valence-electron chi connectivity index (χ2n) is 4.87. The minimum atomic E-state index is 0.187. The van der Waals surface area contributed by atoms with E-state index in [0.29, 0.717) is 10.6 Å². The first-order valence-electron chi connectivity index (χ1n) is 6.72. The zero-order chi connectivity index (χ0) is 15.2. The van der Waals surface area contributed by atoms with E-state index in [1.165, 1.54) is 0 Å². The minimum Gasteiger partial charge on any atom is -0.496 e. The van der Waals surface area contributed by atoms with Crippen molar-refractivity contribution >= 4 is 17.3 Å². The lowest BCUT2D eigenvalue weighted by molar-refractivity contribution is 0.409. The van der Waals surface area contributed by atoms with E-state index in [1.807, 2.05) is 24.3 Å². The summed E-state index contributed by atoms with van der Waals surface area (Å²) in [4.78, 5) is 0. The van der Waals surface area contributed by atoms with Gasteiger partial charge in [-0.05, 0) is 43.2 Å². The quantitative estimate of drug-likeness (QED) is 0.897. The first-order valence-corrected chi connectivity index (χ1v) is 7.10. The standard InChI is InChI=1S/C17H17ClN2O/c1-12(9-14-5-3-4-6-17(14)21-2)20-16-8-7-13(11-19)10-15(16)18/h3-8,10,12,20H,9H2,1-2H3. The molecule has 0 amide bonds. The molecule has 0 aromatic heterocycles. The third-order valence-corrected chi connectivity index (χ3v) is 3.53. The molecule has 3 nitrogen and oxygen atoms in total. The number of benzene rings is 2. The fraction of sp³-hybridized carbons (Fsp3) is 0.235. The molecule has 1 N–H and O–H groups in total. The molecule has 2 rings (SSSR count). The lowest BCUT2D eigenvalue weighted by Gasteiger charge is -2.18. The zero-order valence-electron chi connectivity index (χ0n) is 12.1. The highest BCUT2D eigenvalue weighted by Gasteiger charge is 2.10. The number of para-hydroxylation sites is 1. The number of methoxy groups -OCH3 is 1. The lowest BCUT2D eigenvalue weighted by atomic mass is 10.1. The first-order chi connectivity index (χ1) is 10.1. The molecule has 2 aromatic carbocycles. The molecule has 0 fully saturated rings. The Morgan fingerprint density at radius 3 is 2.71 bits per heavy atom. The van der Waals surface area contributed by atoms with Crippen LogP contribution in [0.15, 0.2) is 42.5 Å². The molecular formula is C17H17ClN2O. The first kappa shape index (κ1) is 15.2. The number of nitrogens with one attached hydrogen (secondary N) is 1. The lowest BCUT2D eigenvalue weighted by Crippen LogP contribution is -2.18. The summed E-state index contributed by atoms with van der Waals surface area (Å²) in [7, 11) is 1.68. The van der Waals surface area contributed by atoms with Gasteiger partial charge in [-0.2, -0.15) is 5.26 Å². The number of halogens is 1. The van der Waals surface area contributed by atoms with Gasteiger partial charge in [0.2, 0.25) is 0 Å². The van der Waals surface area contributed by atoms with Gasteiger partial charge in [0.1, 0.15) is 5.75 Å². The van der Waals surface area contributed by atoms with E-state index in [4.69, 9.17) is 21.6 Å². The Hall–Kier alpha value is -2.18. The van der Waals surface area contributed by atoms with Crippen molar-refractivity contribution in [1.29, 1.82) is 5.26 Å². The van der Waals surface area contributed by atoms with Crippen LogP contribution in [0, 0.1) is 11.3 Å². The number of rotatable bonds is 5. The summed E-state index contributed by atoms with van der Waals surface area (Å²) in [6.45, 7) is 2.08. The highest BCUT2D eigenvalue weighted by molar-refractivity contribution is 6.33. The maximum Gasteiger partial charge on any atom is 0.122 e. The highest BCUT2D eigenvalue weighted by atomic mass is 35.5. The molecule has 0 aliphatic rings. The third-order valence-electron chi connectivity index (χ3n) is 3.22. The molecule has 0 radical (unpaired) electrons. The predicted octanol–water partition coefficient (Wildman–Crippen LogP) is 4.26. The van der Waals surface area contributed by atoms with Gasteiger partial charge in [-0.3, -0.25) is 0 Å². The fourth-order valence-electron chi connectivity index (χ4n) is 2.22. The Kier molecular flexibility index (Phi) is 5.08. The van der Waals surface area contributed by atoms with Gasteiger partial charge in [-0.1, -0.05) is 29.8 Å². The van der Waals surface area contributed by atoms with Gasteiger partial charge < -0.3 is 10.1 Å². The van der Waals surface area contributed by atoms with Crippen molar-refractivity contribution in [2.75, 3.05) is 12.4 Å². The molecule has 0 saturated heterocycles. The molecular weight excluding hydrogens is 284 g/mol. The summed E-state index contributed by atoms with van der Waals surface area (Å²) < 4.78 is 5.36. The van der Waals surface area contributed by atoms with Crippen molar-refractivity contribution in [2.45, 2.75) is 19.4 Å². The Morgan fingerprint density at radius 1 is 1.29 bits per heavy atom. The summed E-state index contributed by atoms with van der Waals surface area (Å²) in [5.74, 6) is 0.886. The van der Waals surface area contributed by atoms with Crippen molar-refractivity contribution in [3.05, 3.63) is 58.6 Å². The van der Waals surface area contributed by atoms with Crippen LogP contribution in [0.5, 0.6) is 5.75 Å². The monoisotopic (exact) mass is 300 g/mol. The topological polar surface area (TPSA) is 45.0 Å². The van der Waals surface area contributed by atoms with E-state index in [-0.39, 0.29) is 6.04 Å². The van der Waals surface area contributed by atoms with E-state index >= 15 is 0 Å². The number of hydrogen-bond acceptors (Lipinski definition) is 3. The van der Waals surface area contributed by atoms with Crippen LogP contribution in [0.2, 0.25) is 5.02 Å². The van der Waals surface area contributed by atoms with Crippen LogP contribution in [0.25, 0.3) is 0 Å². The maximum atomic E-state index is 8.84. The van der Waals surface area contributed by atoms with Gasteiger partial charge in [0.15, 0.2) is 0 Å². The van der Waals surface area contributed by atoms with Crippen molar-refractivity contribution in [3.63, 3.8) is 0 Å². The van der Waals surface area contributed by atoms with E-state index in [1.54, 1.807) is 19.2 Å². The van der Waals surface area contributed by atoms with Gasteiger partial charge in [0.25, 0.3) is 0 Å². The van der Waals surface area contributed by atoms with Crippen LogP contribution >= 0.6 is 11.6 Å². The Morgan fingerprint density at radius 2 is 2.05 bits per heavy atom. The smallest absolute Gasteiger partial charge is 0.122 e. The minimum absolute atomic E-state index is 0.187. The molecule has 108 valence electrons. The van der Waals surface area contributed by atoms with E-state index in [0.717, 1.165) is 23.4 Å². The number of nitriles is 1. The number of anilines is 1. The molecule has 0 aliphatic carbocycles. The van der Waals surface area contributed by atoms with Crippen LogP contribution in [-0.4, -0.2) is 13.2 Å².